The first kappa shape index (κ1) is 24.0. The van der Waals surface area contributed by atoms with E-state index in [0.717, 1.165) is 26.9 Å². The van der Waals surface area contributed by atoms with Crippen LogP contribution < -0.4 is 10.6 Å². The predicted octanol–water partition coefficient (Wildman–Crippen LogP) is 4.15. The standard InChI is InChI=1S/C26H28N4O5/c1-4-26(5-2,24(33)27-22-14-21(23(31)32)30(3)29-22)28-25(34)35-15-20-18-12-8-6-10-16(18)17-11-7-9-13-19(17)20/h6-14,20H,4-5,15H2,1-3H3,(H,28,34)(H,31,32)(H,27,29,33). The first-order valence-corrected chi connectivity index (χ1v) is 11.5. The van der Waals surface area contributed by atoms with Crippen molar-refractivity contribution in [3.8, 4) is 11.1 Å². The number of aromatic carboxylic acids is 1. The summed E-state index contributed by atoms with van der Waals surface area (Å²) in [5.74, 6) is -1.65. The van der Waals surface area contributed by atoms with E-state index in [-0.39, 0.29) is 24.0 Å². The number of alkyl carbamates (subject to hydrolysis) is 1. The summed E-state index contributed by atoms with van der Waals surface area (Å²) in [7, 11) is 1.47. The van der Waals surface area contributed by atoms with Crippen LogP contribution in [0.4, 0.5) is 10.6 Å². The van der Waals surface area contributed by atoms with Gasteiger partial charge in [0.15, 0.2) is 5.82 Å². The highest BCUT2D eigenvalue weighted by Gasteiger charge is 2.38. The average molecular weight is 477 g/mol. The number of anilines is 1. The Labute approximate surface area is 203 Å². The van der Waals surface area contributed by atoms with Crippen LogP contribution in [0, 0.1) is 0 Å². The summed E-state index contributed by atoms with van der Waals surface area (Å²) in [4.78, 5) is 37.2. The van der Waals surface area contributed by atoms with Gasteiger partial charge in [0, 0.05) is 19.0 Å². The van der Waals surface area contributed by atoms with Gasteiger partial charge in [-0.1, -0.05) is 62.4 Å². The summed E-state index contributed by atoms with van der Waals surface area (Å²) in [6, 6.07) is 17.4. The number of carbonyl (C=O) groups excluding carboxylic acids is 2. The third-order valence-corrected chi connectivity index (χ3v) is 6.67. The van der Waals surface area contributed by atoms with Gasteiger partial charge in [-0.25, -0.2) is 9.59 Å². The number of aryl methyl sites for hydroxylation is 1. The maximum Gasteiger partial charge on any atom is 0.408 e. The quantitative estimate of drug-likeness (QED) is 0.449. The number of carboxylic acids is 1. The van der Waals surface area contributed by atoms with Crippen molar-refractivity contribution in [3.05, 3.63) is 71.4 Å². The van der Waals surface area contributed by atoms with Crippen molar-refractivity contribution in [2.75, 3.05) is 11.9 Å². The number of rotatable bonds is 8. The van der Waals surface area contributed by atoms with E-state index in [4.69, 9.17) is 4.74 Å². The Morgan fingerprint density at radius 1 is 1.03 bits per heavy atom. The van der Waals surface area contributed by atoms with E-state index in [1.165, 1.54) is 13.1 Å². The normalized spacial score (nSPS) is 12.5. The third kappa shape index (κ3) is 4.49. The van der Waals surface area contributed by atoms with Gasteiger partial charge in [-0.3, -0.25) is 9.48 Å². The van der Waals surface area contributed by atoms with E-state index in [1.807, 2.05) is 36.4 Å². The van der Waals surface area contributed by atoms with Gasteiger partial charge < -0.3 is 20.5 Å². The lowest BCUT2D eigenvalue weighted by atomic mass is 9.92. The smallest absolute Gasteiger partial charge is 0.408 e. The zero-order valence-electron chi connectivity index (χ0n) is 19.9. The first-order chi connectivity index (χ1) is 16.8. The Morgan fingerprint density at radius 3 is 2.11 bits per heavy atom. The molecule has 0 unspecified atom stereocenters. The average Bonchev–Trinajstić information content (AvgIpc) is 3.38. The zero-order chi connectivity index (χ0) is 25.2. The summed E-state index contributed by atoms with van der Waals surface area (Å²) < 4.78 is 6.79. The molecule has 0 radical (unpaired) electrons. The molecule has 4 rings (SSSR count). The van der Waals surface area contributed by atoms with Crippen LogP contribution in [0.1, 0.15) is 54.2 Å². The second-order valence-corrected chi connectivity index (χ2v) is 8.54. The zero-order valence-corrected chi connectivity index (χ0v) is 19.9. The van der Waals surface area contributed by atoms with Gasteiger partial charge in [0.25, 0.3) is 5.91 Å². The van der Waals surface area contributed by atoms with Crippen LogP contribution in [0.15, 0.2) is 54.6 Å². The van der Waals surface area contributed by atoms with Crippen molar-refractivity contribution in [2.24, 2.45) is 7.05 Å². The van der Waals surface area contributed by atoms with Gasteiger partial charge in [-0.05, 0) is 35.1 Å². The summed E-state index contributed by atoms with van der Waals surface area (Å²) in [6.45, 7) is 3.70. The third-order valence-electron chi connectivity index (χ3n) is 6.67. The molecule has 2 amide bonds. The lowest BCUT2D eigenvalue weighted by Crippen LogP contribution is -2.56. The summed E-state index contributed by atoms with van der Waals surface area (Å²) in [6.07, 6.45) is -0.0889. The molecule has 182 valence electrons. The van der Waals surface area contributed by atoms with Crippen molar-refractivity contribution >= 4 is 23.8 Å². The highest BCUT2D eigenvalue weighted by Crippen LogP contribution is 2.44. The molecule has 0 fully saturated rings. The Hall–Kier alpha value is -4.14. The van der Waals surface area contributed by atoms with Crippen molar-refractivity contribution in [2.45, 2.75) is 38.1 Å². The topological polar surface area (TPSA) is 123 Å². The molecule has 0 saturated heterocycles. The van der Waals surface area contributed by atoms with Gasteiger partial charge in [0.1, 0.15) is 17.8 Å². The largest absolute Gasteiger partial charge is 0.477 e. The molecule has 0 bridgehead atoms. The first-order valence-electron chi connectivity index (χ1n) is 11.5. The van der Waals surface area contributed by atoms with Crippen LogP contribution in [0.2, 0.25) is 0 Å². The Balaban J connectivity index is 1.46. The number of nitrogens with zero attached hydrogens (tertiary/aromatic N) is 2. The summed E-state index contributed by atoms with van der Waals surface area (Å²) >= 11 is 0. The van der Waals surface area contributed by atoms with Gasteiger partial charge >= 0.3 is 12.1 Å². The van der Waals surface area contributed by atoms with Gasteiger partial charge in [0.05, 0.1) is 0 Å². The SMILES string of the molecule is CCC(CC)(NC(=O)OCC1c2ccccc2-c2ccccc21)C(=O)Nc1cc(C(=O)O)n(C)n1. The second-order valence-electron chi connectivity index (χ2n) is 8.54. The van der Waals surface area contributed by atoms with Crippen molar-refractivity contribution in [3.63, 3.8) is 0 Å². The molecule has 1 aliphatic rings. The van der Waals surface area contributed by atoms with E-state index < -0.39 is 23.5 Å². The number of hydrogen-bond acceptors (Lipinski definition) is 5. The van der Waals surface area contributed by atoms with Crippen molar-refractivity contribution in [1.82, 2.24) is 15.1 Å². The van der Waals surface area contributed by atoms with Crippen LogP contribution in [0.5, 0.6) is 0 Å². The van der Waals surface area contributed by atoms with Crippen LogP contribution in [0.25, 0.3) is 11.1 Å². The lowest BCUT2D eigenvalue weighted by molar-refractivity contribution is -0.122. The van der Waals surface area contributed by atoms with E-state index in [1.54, 1.807) is 13.8 Å². The number of ether oxygens (including phenoxy) is 1. The molecule has 0 saturated carbocycles. The maximum atomic E-state index is 13.1. The van der Waals surface area contributed by atoms with Gasteiger partial charge in [-0.2, -0.15) is 5.10 Å². The molecule has 0 spiro atoms. The fourth-order valence-corrected chi connectivity index (χ4v) is 4.60. The highest BCUT2D eigenvalue weighted by atomic mass is 16.5. The molecule has 3 aromatic rings. The molecule has 3 N–H and O–H groups in total. The number of aromatic nitrogens is 2. The van der Waals surface area contributed by atoms with E-state index in [9.17, 15) is 19.5 Å². The van der Waals surface area contributed by atoms with Crippen LogP contribution in [-0.4, -0.2) is 45.0 Å². The fraction of sp³-hybridized carbons (Fsp3) is 0.308. The molecule has 0 atom stereocenters. The number of amides is 2. The minimum absolute atomic E-state index is 0.0663. The molecule has 9 nitrogen and oxygen atoms in total. The monoisotopic (exact) mass is 476 g/mol. The Bertz CT molecular complexity index is 1230. The molecular weight excluding hydrogens is 448 g/mol. The predicted molar refractivity (Wildman–Crippen MR) is 130 cm³/mol. The van der Waals surface area contributed by atoms with Crippen LogP contribution in [0.3, 0.4) is 0 Å². The molecule has 35 heavy (non-hydrogen) atoms. The molecule has 1 heterocycles. The number of fused-ring (bicyclic) bond motifs is 3. The Kier molecular flexibility index (Phi) is 6.59. The molecule has 0 aliphatic heterocycles. The van der Waals surface area contributed by atoms with Crippen LogP contribution >= 0.6 is 0 Å². The minimum atomic E-state index is -1.25. The Morgan fingerprint density at radius 2 is 1.60 bits per heavy atom. The number of hydrogen-bond donors (Lipinski definition) is 3. The van der Waals surface area contributed by atoms with Crippen LogP contribution in [-0.2, 0) is 16.6 Å². The van der Waals surface area contributed by atoms with Gasteiger partial charge in [0.2, 0.25) is 0 Å². The minimum Gasteiger partial charge on any atom is -0.477 e. The summed E-state index contributed by atoms with van der Waals surface area (Å²) in [5.41, 5.74) is 3.14. The fourth-order valence-electron chi connectivity index (χ4n) is 4.60. The highest BCUT2D eigenvalue weighted by molar-refractivity contribution is 6.00. The lowest BCUT2D eigenvalue weighted by Gasteiger charge is -2.30. The number of carboxylic acid groups (broad SMARTS) is 1. The van der Waals surface area contributed by atoms with Crippen molar-refractivity contribution < 1.29 is 24.2 Å². The molecule has 1 aliphatic carbocycles. The van der Waals surface area contributed by atoms with Crippen molar-refractivity contribution in [1.29, 1.82) is 0 Å². The van der Waals surface area contributed by atoms with Gasteiger partial charge in [-0.15, -0.1) is 0 Å². The van der Waals surface area contributed by atoms with E-state index in [2.05, 4.69) is 27.9 Å². The number of carbonyl (C=O) groups is 3. The van der Waals surface area contributed by atoms with E-state index in [0.29, 0.717) is 12.8 Å². The van der Waals surface area contributed by atoms with E-state index >= 15 is 0 Å². The molecular formula is C26H28N4O5. The summed E-state index contributed by atoms with van der Waals surface area (Å²) in [5, 5.41) is 18.6. The number of benzene rings is 2. The molecule has 2 aromatic carbocycles. The maximum absolute atomic E-state index is 13.1. The molecule has 1 aromatic heterocycles. The second kappa shape index (κ2) is 9.61. The molecule has 9 heteroatoms. The number of nitrogens with one attached hydrogen (secondary N) is 2.